The smallest absolute Gasteiger partial charge is 0.252 e. The van der Waals surface area contributed by atoms with Crippen LogP contribution in [0.2, 0.25) is 0 Å². The van der Waals surface area contributed by atoms with E-state index in [0.29, 0.717) is 15.6 Å². The summed E-state index contributed by atoms with van der Waals surface area (Å²) in [6, 6.07) is 1.61. The lowest BCUT2D eigenvalue weighted by molar-refractivity contribution is 0.285. The fourth-order valence-electron chi connectivity index (χ4n) is 1.10. The molecule has 1 rings (SSSR count). The summed E-state index contributed by atoms with van der Waals surface area (Å²) >= 11 is 1.13. The first-order valence-corrected chi connectivity index (χ1v) is 6.85. The summed E-state index contributed by atoms with van der Waals surface area (Å²) in [5.74, 6) is 0. The molecule has 0 unspecified atom stereocenters. The van der Waals surface area contributed by atoms with E-state index in [9.17, 15) is 8.42 Å². The Bertz CT molecular complexity index is 436. The van der Waals surface area contributed by atoms with Crippen molar-refractivity contribution in [2.45, 2.75) is 24.7 Å². The van der Waals surface area contributed by atoms with Gasteiger partial charge in [-0.15, -0.1) is 11.3 Å². The van der Waals surface area contributed by atoms with Gasteiger partial charge in [0, 0.05) is 18.5 Å². The molecule has 1 aromatic rings. The van der Waals surface area contributed by atoms with Crippen LogP contribution in [0.4, 0.5) is 0 Å². The molecule has 0 atom stereocenters. The van der Waals surface area contributed by atoms with Crippen molar-refractivity contribution in [1.82, 2.24) is 4.31 Å². The minimum absolute atomic E-state index is 0.109. The number of hydrogen-bond acceptors (Lipinski definition) is 4. The molecule has 1 aromatic heterocycles. The Kier molecular flexibility index (Phi) is 3.88. The van der Waals surface area contributed by atoms with Crippen LogP contribution in [0.15, 0.2) is 10.3 Å². The van der Waals surface area contributed by atoms with E-state index in [-0.39, 0.29) is 6.61 Å². The molecule has 0 aromatic carbocycles. The van der Waals surface area contributed by atoms with Gasteiger partial charge in [-0.05, 0) is 18.6 Å². The lowest BCUT2D eigenvalue weighted by Crippen LogP contribution is -2.25. The first-order valence-electron chi connectivity index (χ1n) is 4.60. The van der Waals surface area contributed by atoms with E-state index >= 15 is 0 Å². The molecule has 0 radical (unpaired) electrons. The van der Waals surface area contributed by atoms with E-state index in [1.54, 1.807) is 27.0 Å². The van der Waals surface area contributed by atoms with Gasteiger partial charge in [0.2, 0.25) is 0 Å². The Morgan fingerprint density at radius 3 is 2.53 bits per heavy atom. The molecule has 0 saturated heterocycles. The zero-order chi connectivity index (χ0) is 11.6. The van der Waals surface area contributed by atoms with Gasteiger partial charge in [-0.3, -0.25) is 0 Å². The molecule has 0 amide bonds. The predicted molar refractivity (Wildman–Crippen MR) is 60.5 cm³/mol. The van der Waals surface area contributed by atoms with Crippen LogP contribution >= 0.6 is 11.3 Å². The van der Waals surface area contributed by atoms with Gasteiger partial charge in [0.1, 0.15) is 4.21 Å². The molecule has 1 heterocycles. The summed E-state index contributed by atoms with van der Waals surface area (Å²) in [4.78, 5) is 0.707. The van der Waals surface area contributed by atoms with Crippen molar-refractivity contribution in [1.29, 1.82) is 0 Å². The second kappa shape index (κ2) is 4.61. The zero-order valence-electron chi connectivity index (χ0n) is 9.02. The van der Waals surface area contributed by atoms with Gasteiger partial charge in [-0.1, -0.05) is 6.92 Å². The third-order valence-electron chi connectivity index (χ3n) is 2.25. The number of nitrogens with zero attached hydrogens (tertiary/aromatic N) is 1. The number of thiophene rings is 1. The first kappa shape index (κ1) is 12.6. The Morgan fingerprint density at radius 2 is 2.13 bits per heavy atom. The van der Waals surface area contributed by atoms with Gasteiger partial charge in [-0.2, -0.15) is 0 Å². The fourth-order valence-corrected chi connectivity index (χ4v) is 3.94. The maximum absolute atomic E-state index is 11.9. The highest BCUT2D eigenvalue weighted by molar-refractivity contribution is 7.91. The van der Waals surface area contributed by atoms with Crippen LogP contribution < -0.4 is 0 Å². The molecule has 0 fully saturated rings. The van der Waals surface area contributed by atoms with Crippen LogP contribution in [0, 0.1) is 6.92 Å². The van der Waals surface area contributed by atoms with E-state index in [1.165, 1.54) is 4.31 Å². The van der Waals surface area contributed by atoms with E-state index < -0.39 is 10.0 Å². The van der Waals surface area contributed by atoms with Crippen molar-refractivity contribution >= 4 is 21.4 Å². The van der Waals surface area contributed by atoms with Crippen LogP contribution in [0.25, 0.3) is 0 Å². The summed E-state index contributed by atoms with van der Waals surface area (Å²) in [7, 11) is -1.82. The van der Waals surface area contributed by atoms with Gasteiger partial charge in [-0.25, -0.2) is 12.7 Å². The van der Waals surface area contributed by atoms with Gasteiger partial charge < -0.3 is 5.11 Å². The van der Waals surface area contributed by atoms with Crippen LogP contribution in [-0.4, -0.2) is 31.4 Å². The average Bonchev–Trinajstić information content (AvgIpc) is 2.58. The van der Waals surface area contributed by atoms with Gasteiger partial charge in [0.25, 0.3) is 10.0 Å². The summed E-state index contributed by atoms with van der Waals surface area (Å²) < 4.78 is 25.4. The van der Waals surface area contributed by atoms with Gasteiger partial charge in [0.05, 0.1) is 6.61 Å². The third-order valence-corrected chi connectivity index (χ3v) is 5.85. The zero-order valence-corrected chi connectivity index (χ0v) is 10.7. The number of aliphatic hydroxyl groups is 1. The lowest BCUT2D eigenvalue weighted by Gasteiger charge is -2.12. The molecular weight excluding hydrogens is 234 g/mol. The lowest BCUT2D eigenvalue weighted by atomic mass is 10.3. The van der Waals surface area contributed by atoms with Crippen LogP contribution in [0.5, 0.6) is 0 Å². The maximum Gasteiger partial charge on any atom is 0.252 e. The molecule has 4 nitrogen and oxygen atoms in total. The number of aliphatic hydroxyl groups excluding tert-OH is 1. The quantitative estimate of drug-likeness (QED) is 0.872. The number of sulfonamides is 1. The second-order valence-electron chi connectivity index (χ2n) is 3.25. The minimum atomic E-state index is -3.36. The van der Waals surface area contributed by atoms with Crippen molar-refractivity contribution < 1.29 is 13.5 Å². The summed E-state index contributed by atoms with van der Waals surface area (Å²) in [5, 5.41) is 9.00. The molecule has 86 valence electrons. The Morgan fingerprint density at radius 1 is 1.53 bits per heavy atom. The van der Waals surface area contributed by atoms with Crippen LogP contribution in [0.1, 0.15) is 17.4 Å². The molecular formula is C9H15NO3S2. The first-order chi connectivity index (χ1) is 6.93. The second-order valence-corrected chi connectivity index (χ2v) is 6.66. The van der Waals surface area contributed by atoms with Crippen molar-refractivity contribution in [3.05, 3.63) is 16.5 Å². The molecule has 0 bridgehead atoms. The Labute approximate surface area is 94.2 Å². The topological polar surface area (TPSA) is 57.6 Å². The van der Waals surface area contributed by atoms with Crippen LogP contribution in [0.3, 0.4) is 0 Å². The highest BCUT2D eigenvalue weighted by atomic mass is 32.2. The monoisotopic (exact) mass is 249 g/mol. The average molecular weight is 249 g/mol. The van der Waals surface area contributed by atoms with Crippen molar-refractivity contribution in [2.24, 2.45) is 0 Å². The fraction of sp³-hybridized carbons (Fsp3) is 0.556. The molecule has 0 aliphatic rings. The van der Waals surface area contributed by atoms with Gasteiger partial charge in [0.15, 0.2) is 0 Å². The van der Waals surface area contributed by atoms with Crippen molar-refractivity contribution in [3.8, 4) is 0 Å². The van der Waals surface area contributed by atoms with E-state index in [0.717, 1.165) is 16.9 Å². The van der Waals surface area contributed by atoms with E-state index in [4.69, 9.17) is 5.11 Å². The van der Waals surface area contributed by atoms with Gasteiger partial charge >= 0.3 is 0 Å². The number of rotatable bonds is 4. The highest BCUT2D eigenvalue weighted by Crippen LogP contribution is 2.27. The normalized spacial score (nSPS) is 12.3. The molecule has 0 aliphatic heterocycles. The molecule has 0 aliphatic carbocycles. The highest BCUT2D eigenvalue weighted by Gasteiger charge is 2.22. The van der Waals surface area contributed by atoms with Crippen LogP contribution in [-0.2, 0) is 16.6 Å². The predicted octanol–water partition coefficient (Wildman–Crippen LogP) is 1.19. The summed E-state index contributed by atoms with van der Waals surface area (Å²) in [5.41, 5.74) is 0.825. The number of hydrogen-bond donors (Lipinski definition) is 1. The Balaban J connectivity index is 3.17. The SMILES string of the molecule is CCN(C)S(=O)(=O)c1cc(C)c(CO)s1. The Hall–Kier alpha value is -0.430. The third kappa shape index (κ3) is 2.39. The molecule has 0 spiro atoms. The molecule has 0 saturated carbocycles. The standard InChI is InChI=1S/C9H15NO3S2/c1-4-10(3)15(12,13)9-5-7(2)8(6-11)14-9/h5,11H,4,6H2,1-3H3. The largest absolute Gasteiger partial charge is 0.391 e. The van der Waals surface area contributed by atoms with E-state index in [1.807, 2.05) is 0 Å². The summed E-state index contributed by atoms with van der Waals surface area (Å²) in [6.07, 6.45) is 0. The van der Waals surface area contributed by atoms with Crippen molar-refractivity contribution in [3.63, 3.8) is 0 Å². The van der Waals surface area contributed by atoms with Crippen molar-refractivity contribution in [2.75, 3.05) is 13.6 Å². The summed E-state index contributed by atoms with van der Waals surface area (Å²) in [6.45, 7) is 3.91. The molecule has 1 N–H and O–H groups in total. The maximum atomic E-state index is 11.9. The van der Waals surface area contributed by atoms with E-state index in [2.05, 4.69) is 0 Å². The minimum Gasteiger partial charge on any atom is -0.391 e. The molecule has 6 heteroatoms. The number of aryl methyl sites for hydroxylation is 1. The molecule has 15 heavy (non-hydrogen) atoms.